The van der Waals surface area contributed by atoms with Crippen LogP contribution in [0.2, 0.25) is 0 Å². The van der Waals surface area contributed by atoms with Crippen molar-refractivity contribution in [1.82, 2.24) is 5.32 Å². The van der Waals surface area contributed by atoms with Crippen molar-refractivity contribution in [3.8, 4) is 0 Å². The molecule has 1 N–H and O–H groups in total. The zero-order valence-electron chi connectivity index (χ0n) is 11.4. The van der Waals surface area contributed by atoms with Crippen LogP contribution in [-0.2, 0) is 4.74 Å². The van der Waals surface area contributed by atoms with Gasteiger partial charge in [0.1, 0.15) is 0 Å². The summed E-state index contributed by atoms with van der Waals surface area (Å²) in [6, 6.07) is 0.761. The van der Waals surface area contributed by atoms with Gasteiger partial charge in [0.2, 0.25) is 0 Å². The first-order chi connectivity index (χ1) is 8.40. The molecule has 0 radical (unpaired) electrons. The fourth-order valence-electron chi connectivity index (χ4n) is 3.59. The summed E-state index contributed by atoms with van der Waals surface area (Å²) < 4.78 is 5.69. The molecule has 2 rings (SSSR count). The molecule has 2 atom stereocenters. The molecule has 0 bridgehead atoms. The van der Waals surface area contributed by atoms with Gasteiger partial charge in [-0.25, -0.2) is 0 Å². The van der Waals surface area contributed by atoms with E-state index >= 15 is 0 Å². The molecule has 1 heterocycles. The monoisotopic (exact) mass is 239 g/mol. The minimum absolute atomic E-state index is 0.582. The van der Waals surface area contributed by atoms with Crippen molar-refractivity contribution >= 4 is 0 Å². The Morgan fingerprint density at radius 2 is 1.94 bits per heavy atom. The number of ether oxygens (including phenoxy) is 1. The van der Waals surface area contributed by atoms with E-state index in [-0.39, 0.29) is 0 Å². The van der Waals surface area contributed by atoms with Gasteiger partial charge in [0.05, 0.1) is 6.10 Å². The van der Waals surface area contributed by atoms with Gasteiger partial charge in [-0.15, -0.1) is 0 Å². The number of hydrogen-bond donors (Lipinski definition) is 1. The smallest absolute Gasteiger partial charge is 0.0576 e. The average molecular weight is 239 g/mol. The first kappa shape index (κ1) is 13.4. The molecular weight excluding hydrogens is 210 g/mol. The van der Waals surface area contributed by atoms with Gasteiger partial charge in [-0.2, -0.15) is 0 Å². The predicted octanol–water partition coefficient (Wildman–Crippen LogP) is 3.50. The highest BCUT2D eigenvalue weighted by atomic mass is 16.5. The van der Waals surface area contributed by atoms with Crippen LogP contribution >= 0.6 is 0 Å². The lowest BCUT2D eigenvalue weighted by molar-refractivity contribution is 0.100. The van der Waals surface area contributed by atoms with E-state index in [1.165, 1.54) is 64.2 Å². The van der Waals surface area contributed by atoms with Gasteiger partial charge < -0.3 is 10.1 Å². The van der Waals surface area contributed by atoms with E-state index in [4.69, 9.17) is 4.74 Å². The van der Waals surface area contributed by atoms with Gasteiger partial charge in [0.15, 0.2) is 0 Å². The lowest BCUT2D eigenvalue weighted by atomic mass is 9.82. The second-order valence-electron chi connectivity index (χ2n) is 5.86. The third kappa shape index (κ3) is 4.26. The molecule has 2 unspecified atom stereocenters. The fraction of sp³-hybridized carbons (Fsp3) is 1.00. The molecule has 0 aromatic carbocycles. The molecule has 17 heavy (non-hydrogen) atoms. The van der Waals surface area contributed by atoms with Crippen molar-refractivity contribution in [2.24, 2.45) is 5.92 Å². The maximum Gasteiger partial charge on any atom is 0.0576 e. The molecule has 0 aromatic rings. The third-order valence-electron chi connectivity index (χ3n) is 4.65. The number of rotatable bonds is 6. The Bertz CT molecular complexity index is 195. The molecule has 0 aromatic heterocycles. The molecule has 100 valence electrons. The van der Waals surface area contributed by atoms with Crippen LogP contribution in [0.25, 0.3) is 0 Å². The summed E-state index contributed by atoms with van der Waals surface area (Å²) >= 11 is 0. The van der Waals surface area contributed by atoms with Crippen LogP contribution in [0.1, 0.15) is 64.2 Å². The first-order valence-electron chi connectivity index (χ1n) is 7.69. The Labute approximate surface area is 107 Å². The summed E-state index contributed by atoms with van der Waals surface area (Å²) in [6.45, 7) is 1.00. The molecule has 2 fully saturated rings. The van der Waals surface area contributed by atoms with Gasteiger partial charge in [-0.3, -0.25) is 0 Å². The van der Waals surface area contributed by atoms with Gasteiger partial charge in [-0.1, -0.05) is 19.3 Å². The molecule has 1 saturated carbocycles. The highest BCUT2D eigenvalue weighted by Gasteiger charge is 2.22. The maximum absolute atomic E-state index is 5.69. The predicted molar refractivity (Wildman–Crippen MR) is 72.2 cm³/mol. The van der Waals surface area contributed by atoms with Gasteiger partial charge in [0, 0.05) is 12.6 Å². The van der Waals surface area contributed by atoms with E-state index in [0.717, 1.165) is 18.6 Å². The third-order valence-corrected chi connectivity index (χ3v) is 4.65. The summed E-state index contributed by atoms with van der Waals surface area (Å²) in [5.74, 6) is 0.943. The van der Waals surface area contributed by atoms with Crippen molar-refractivity contribution in [2.45, 2.75) is 76.4 Å². The fourth-order valence-corrected chi connectivity index (χ4v) is 3.59. The zero-order chi connectivity index (χ0) is 11.9. The van der Waals surface area contributed by atoms with Crippen LogP contribution in [0.15, 0.2) is 0 Å². The number of hydrogen-bond acceptors (Lipinski definition) is 2. The van der Waals surface area contributed by atoms with Crippen LogP contribution in [-0.4, -0.2) is 25.8 Å². The van der Waals surface area contributed by atoms with Crippen molar-refractivity contribution in [3.63, 3.8) is 0 Å². The lowest BCUT2D eigenvalue weighted by Crippen LogP contribution is -2.34. The second-order valence-corrected chi connectivity index (χ2v) is 5.86. The first-order valence-corrected chi connectivity index (χ1v) is 7.69. The van der Waals surface area contributed by atoms with Crippen LogP contribution in [0, 0.1) is 5.92 Å². The molecule has 1 aliphatic carbocycles. The van der Waals surface area contributed by atoms with Crippen LogP contribution in [0.4, 0.5) is 0 Å². The van der Waals surface area contributed by atoms with E-state index in [9.17, 15) is 0 Å². The van der Waals surface area contributed by atoms with Crippen LogP contribution in [0.3, 0.4) is 0 Å². The maximum atomic E-state index is 5.69. The Hall–Kier alpha value is -0.0800. The van der Waals surface area contributed by atoms with E-state index in [1.54, 1.807) is 0 Å². The summed E-state index contributed by atoms with van der Waals surface area (Å²) in [4.78, 5) is 0. The standard InChI is InChI=1S/C15H29NO/c1-16-15(13-7-3-2-4-8-13)11-5-9-14-10-6-12-17-14/h13-16H,2-12H2,1H3. The summed E-state index contributed by atoms with van der Waals surface area (Å²) in [5, 5.41) is 3.56. The largest absolute Gasteiger partial charge is 0.378 e. The topological polar surface area (TPSA) is 21.3 Å². The van der Waals surface area contributed by atoms with E-state index in [0.29, 0.717) is 6.10 Å². The summed E-state index contributed by atoms with van der Waals surface area (Å²) in [6.07, 6.45) is 14.4. The normalized spacial score (nSPS) is 28.4. The van der Waals surface area contributed by atoms with Crippen LogP contribution in [0.5, 0.6) is 0 Å². The average Bonchev–Trinajstić information content (AvgIpc) is 2.89. The summed E-state index contributed by atoms with van der Waals surface area (Å²) in [7, 11) is 2.14. The van der Waals surface area contributed by atoms with Crippen molar-refractivity contribution in [2.75, 3.05) is 13.7 Å². The molecule has 2 aliphatic rings. The molecule has 1 aliphatic heterocycles. The SMILES string of the molecule is CNC(CCCC1CCCO1)C1CCCCC1. The van der Waals surface area contributed by atoms with Crippen molar-refractivity contribution < 1.29 is 4.74 Å². The Morgan fingerprint density at radius 1 is 1.12 bits per heavy atom. The molecule has 2 nitrogen and oxygen atoms in total. The summed E-state index contributed by atoms with van der Waals surface area (Å²) in [5.41, 5.74) is 0. The molecule has 0 amide bonds. The molecule has 1 saturated heterocycles. The molecular formula is C15H29NO. The molecule has 0 spiro atoms. The highest BCUT2D eigenvalue weighted by molar-refractivity contribution is 4.79. The minimum atomic E-state index is 0.582. The van der Waals surface area contributed by atoms with Crippen LogP contribution < -0.4 is 5.32 Å². The van der Waals surface area contributed by atoms with Gasteiger partial charge >= 0.3 is 0 Å². The second kappa shape index (κ2) is 7.38. The lowest BCUT2D eigenvalue weighted by Gasteiger charge is -2.30. The Kier molecular flexibility index (Phi) is 5.79. The van der Waals surface area contributed by atoms with E-state index < -0.39 is 0 Å². The highest BCUT2D eigenvalue weighted by Crippen LogP contribution is 2.29. The van der Waals surface area contributed by atoms with Gasteiger partial charge in [-0.05, 0) is 57.9 Å². The van der Waals surface area contributed by atoms with E-state index in [1.807, 2.05) is 0 Å². The van der Waals surface area contributed by atoms with Crippen molar-refractivity contribution in [3.05, 3.63) is 0 Å². The van der Waals surface area contributed by atoms with Crippen molar-refractivity contribution in [1.29, 1.82) is 0 Å². The minimum Gasteiger partial charge on any atom is -0.378 e. The quantitative estimate of drug-likeness (QED) is 0.766. The van der Waals surface area contributed by atoms with Gasteiger partial charge in [0.25, 0.3) is 0 Å². The van der Waals surface area contributed by atoms with E-state index in [2.05, 4.69) is 12.4 Å². The Balaban J connectivity index is 1.63. The number of nitrogens with one attached hydrogen (secondary N) is 1. The molecule has 2 heteroatoms. The zero-order valence-corrected chi connectivity index (χ0v) is 11.4. The Morgan fingerprint density at radius 3 is 2.59 bits per heavy atom.